The fraction of sp³-hybridized carbons (Fsp3) is 0.333. The van der Waals surface area contributed by atoms with Crippen molar-refractivity contribution in [1.29, 1.82) is 0 Å². The van der Waals surface area contributed by atoms with Crippen molar-refractivity contribution in [2.45, 2.75) is 32.6 Å². The van der Waals surface area contributed by atoms with E-state index < -0.39 is 0 Å². The minimum Gasteiger partial charge on any atom is -0.506 e. The van der Waals surface area contributed by atoms with Gasteiger partial charge in [0.1, 0.15) is 5.75 Å². The van der Waals surface area contributed by atoms with Crippen LogP contribution in [-0.2, 0) is 17.6 Å². The Labute approximate surface area is 130 Å². The van der Waals surface area contributed by atoms with Gasteiger partial charge in [-0.15, -0.1) is 0 Å². The first-order valence-corrected chi connectivity index (χ1v) is 7.67. The number of nitrogens with zero attached hydrogens (tertiary/aromatic N) is 2. The lowest BCUT2D eigenvalue weighted by molar-refractivity contribution is -0.118. The molecule has 3 rings (SSSR count). The molecule has 1 amide bonds. The highest BCUT2D eigenvalue weighted by molar-refractivity contribution is 5.96. The third kappa shape index (κ3) is 2.96. The maximum absolute atomic E-state index is 12.6. The molecule has 1 aliphatic heterocycles. The van der Waals surface area contributed by atoms with E-state index in [1.54, 1.807) is 11.0 Å². The Morgan fingerprint density at radius 1 is 1.36 bits per heavy atom. The van der Waals surface area contributed by atoms with Gasteiger partial charge < -0.3 is 10.0 Å². The Morgan fingerprint density at radius 3 is 3.05 bits per heavy atom. The smallest absolute Gasteiger partial charge is 0.227 e. The zero-order chi connectivity index (χ0) is 15.5. The van der Waals surface area contributed by atoms with Crippen molar-refractivity contribution >= 4 is 11.6 Å². The van der Waals surface area contributed by atoms with Crippen LogP contribution >= 0.6 is 0 Å². The molecule has 2 heterocycles. The van der Waals surface area contributed by atoms with Gasteiger partial charge in [-0.25, -0.2) is 0 Å². The molecular formula is C18H20N2O2. The van der Waals surface area contributed by atoms with Crippen molar-refractivity contribution in [2.24, 2.45) is 0 Å². The highest BCUT2D eigenvalue weighted by atomic mass is 16.3. The summed E-state index contributed by atoms with van der Waals surface area (Å²) in [6, 6.07) is 7.52. The molecule has 0 spiro atoms. The van der Waals surface area contributed by atoms with E-state index in [0.29, 0.717) is 25.1 Å². The molecule has 1 aromatic carbocycles. The number of phenolic OH excluding ortho intramolecular Hbond substituents is 1. The predicted molar refractivity (Wildman–Crippen MR) is 86.1 cm³/mol. The molecule has 0 fully saturated rings. The molecule has 114 valence electrons. The van der Waals surface area contributed by atoms with Gasteiger partial charge in [-0.2, -0.15) is 0 Å². The summed E-state index contributed by atoms with van der Waals surface area (Å²) in [6.45, 7) is 2.67. The maximum Gasteiger partial charge on any atom is 0.227 e. The summed E-state index contributed by atoms with van der Waals surface area (Å²) >= 11 is 0. The normalized spacial score (nSPS) is 13.8. The molecular weight excluding hydrogens is 276 g/mol. The SMILES string of the molecule is Cc1cncc(CCC(=O)N2CCCc3cccc(O)c32)c1. The van der Waals surface area contributed by atoms with Gasteiger partial charge in [-0.3, -0.25) is 9.78 Å². The number of phenols is 1. The molecule has 0 saturated heterocycles. The predicted octanol–water partition coefficient (Wildman–Crippen LogP) is 3.01. The van der Waals surface area contributed by atoms with Gasteiger partial charge in [0.15, 0.2) is 0 Å². The lowest BCUT2D eigenvalue weighted by Crippen LogP contribution is -2.35. The number of anilines is 1. The van der Waals surface area contributed by atoms with E-state index in [1.807, 2.05) is 31.5 Å². The average Bonchev–Trinajstić information content (AvgIpc) is 2.52. The van der Waals surface area contributed by atoms with Crippen LogP contribution in [0.1, 0.15) is 29.5 Å². The van der Waals surface area contributed by atoms with Crippen molar-refractivity contribution < 1.29 is 9.90 Å². The largest absolute Gasteiger partial charge is 0.506 e. The van der Waals surface area contributed by atoms with Crippen molar-refractivity contribution in [2.75, 3.05) is 11.4 Å². The van der Waals surface area contributed by atoms with E-state index in [2.05, 4.69) is 11.1 Å². The number of aryl methyl sites for hydroxylation is 3. The molecule has 2 aromatic rings. The highest BCUT2D eigenvalue weighted by Gasteiger charge is 2.24. The summed E-state index contributed by atoms with van der Waals surface area (Å²) in [7, 11) is 0. The molecule has 0 unspecified atom stereocenters. The Hall–Kier alpha value is -2.36. The Morgan fingerprint density at radius 2 is 2.23 bits per heavy atom. The lowest BCUT2D eigenvalue weighted by atomic mass is 10.00. The van der Waals surface area contributed by atoms with Crippen LogP contribution in [0.3, 0.4) is 0 Å². The number of hydrogen-bond acceptors (Lipinski definition) is 3. The molecule has 1 aromatic heterocycles. The van der Waals surface area contributed by atoms with Gasteiger partial charge in [-0.1, -0.05) is 18.2 Å². The monoisotopic (exact) mass is 296 g/mol. The Balaban J connectivity index is 1.74. The maximum atomic E-state index is 12.6. The number of hydrogen-bond donors (Lipinski definition) is 1. The minimum atomic E-state index is 0.0592. The van der Waals surface area contributed by atoms with E-state index in [-0.39, 0.29) is 11.7 Å². The van der Waals surface area contributed by atoms with Gasteiger partial charge in [0.05, 0.1) is 5.69 Å². The van der Waals surface area contributed by atoms with E-state index >= 15 is 0 Å². The topological polar surface area (TPSA) is 53.4 Å². The number of amides is 1. The van der Waals surface area contributed by atoms with Crippen LogP contribution in [0.25, 0.3) is 0 Å². The zero-order valence-electron chi connectivity index (χ0n) is 12.7. The number of carbonyl (C=O) groups is 1. The molecule has 0 radical (unpaired) electrons. The number of pyridine rings is 1. The van der Waals surface area contributed by atoms with Crippen LogP contribution < -0.4 is 4.90 Å². The summed E-state index contributed by atoms with van der Waals surface area (Å²) in [6.07, 6.45) is 6.57. The number of carbonyl (C=O) groups excluding carboxylic acids is 1. The second-order valence-electron chi connectivity index (χ2n) is 5.80. The number of aromatic hydroxyl groups is 1. The van der Waals surface area contributed by atoms with E-state index in [1.165, 1.54) is 0 Å². The van der Waals surface area contributed by atoms with Gasteiger partial charge >= 0.3 is 0 Å². The van der Waals surface area contributed by atoms with Crippen LogP contribution in [-0.4, -0.2) is 22.5 Å². The first-order chi connectivity index (χ1) is 10.6. The molecule has 1 N–H and O–H groups in total. The third-order valence-corrected chi connectivity index (χ3v) is 4.06. The lowest BCUT2D eigenvalue weighted by Gasteiger charge is -2.30. The van der Waals surface area contributed by atoms with E-state index in [4.69, 9.17) is 0 Å². The summed E-state index contributed by atoms with van der Waals surface area (Å²) in [5.41, 5.74) is 3.92. The van der Waals surface area contributed by atoms with Gasteiger partial charge in [-0.05, 0) is 48.9 Å². The molecule has 4 nitrogen and oxygen atoms in total. The van der Waals surface area contributed by atoms with Crippen molar-refractivity contribution in [3.63, 3.8) is 0 Å². The second kappa shape index (κ2) is 6.18. The quantitative estimate of drug-likeness (QED) is 0.947. The Kier molecular flexibility index (Phi) is 4.09. The zero-order valence-corrected chi connectivity index (χ0v) is 12.7. The van der Waals surface area contributed by atoms with Gasteiger partial charge in [0.25, 0.3) is 0 Å². The minimum absolute atomic E-state index is 0.0592. The summed E-state index contributed by atoms with van der Waals surface area (Å²) in [4.78, 5) is 18.5. The summed E-state index contributed by atoms with van der Waals surface area (Å²) in [5.74, 6) is 0.256. The average molecular weight is 296 g/mol. The molecule has 0 atom stereocenters. The number of aromatic nitrogens is 1. The summed E-state index contributed by atoms with van der Waals surface area (Å²) in [5, 5.41) is 10.1. The molecule has 0 aliphatic carbocycles. The molecule has 1 aliphatic rings. The van der Waals surface area contributed by atoms with Gasteiger partial charge in [0, 0.05) is 25.4 Å². The first-order valence-electron chi connectivity index (χ1n) is 7.67. The second-order valence-corrected chi connectivity index (χ2v) is 5.80. The third-order valence-electron chi connectivity index (χ3n) is 4.06. The van der Waals surface area contributed by atoms with Crippen molar-refractivity contribution in [1.82, 2.24) is 4.98 Å². The van der Waals surface area contributed by atoms with E-state index in [9.17, 15) is 9.90 Å². The number of para-hydroxylation sites is 1. The number of benzene rings is 1. The first kappa shape index (κ1) is 14.6. The Bertz CT molecular complexity index is 697. The fourth-order valence-corrected chi connectivity index (χ4v) is 3.02. The number of rotatable bonds is 3. The fourth-order valence-electron chi connectivity index (χ4n) is 3.02. The molecule has 4 heteroatoms. The number of fused-ring (bicyclic) bond motifs is 1. The van der Waals surface area contributed by atoms with Gasteiger partial charge in [0.2, 0.25) is 5.91 Å². The van der Waals surface area contributed by atoms with Crippen LogP contribution in [0.5, 0.6) is 5.75 Å². The van der Waals surface area contributed by atoms with Crippen molar-refractivity contribution in [3.8, 4) is 5.75 Å². The van der Waals surface area contributed by atoms with Crippen LogP contribution in [0.2, 0.25) is 0 Å². The molecule has 0 saturated carbocycles. The van der Waals surface area contributed by atoms with Crippen molar-refractivity contribution in [3.05, 3.63) is 53.3 Å². The highest BCUT2D eigenvalue weighted by Crippen LogP contribution is 2.35. The summed E-state index contributed by atoms with van der Waals surface area (Å²) < 4.78 is 0. The molecule has 0 bridgehead atoms. The van der Waals surface area contributed by atoms with Crippen LogP contribution in [0, 0.1) is 6.92 Å². The standard InChI is InChI=1S/C18H20N2O2/c1-13-10-14(12-19-11-13)7-8-17(22)20-9-3-5-15-4-2-6-16(21)18(15)20/h2,4,6,10-12,21H,3,5,7-9H2,1H3. The van der Waals surface area contributed by atoms with Crippen LogP contribution in [0.15, 0.2) is 36.7 Å². The van der Waals surface area contributed by atoms with E-state index in [0.717, 1.165) is 29.5 Å². The molecule has 22 heavy (non-hydrogen) atoms. The van der Waals surface area contributed by atoms with Crippen LogP contribution in [0.4, 0.5) is 5.69 Å².